The maximum Gasteiger partial charge on any atom is 0.303 e. The topological polar surface area (TPSA) is 148 Å². The van der Waals surface area contributed by atoms with E-state index in [9.17, 15) is 19.2 Å². The number of rotatable bonds is 6. The minimum Gasteiger partial charge on any atom is -0.463 e. The van der Waals surface area contributed by atoms with E-state index in [4.69, 9.17) is 68.6 Å². The zero-order valence-electron chi connectivity index (χ0n) is 16.3. The molecule has 1 saturated heterocycles. The van der Waals surface area contributed by atoms with Gasteiger partial charge in [0.15, 0.2) is 12.2 Å². The Labute approximate surface area is 186 Å². The van der Waals surface area contributed by atoms with Gasteiger partial charge in [0, 0.05) is 27.7 Å². The predicted octanol–water partition coefficient (Wildman–Crippen LogP) is 1.43. The maximum atomic E-state index is 11.7. The van der Waals surface area contributed by atoms with E-state index in [0.717, 1.165) is 27.7 Å². The van der Waals surface area contributed by atoms with Gasteiger partial charge in [-0.2, -0.15) is 0 Å². The highest BCUT2D eigenvalue weighted by atomic mass is 35.6. The number of alkyl halides is 3. The van der Waals surface area contributed by atoms with Crippen LogP contribution in [0.15, 0.2) is 0 Å². The van der Waals surface area contributed by atoms with Gasteiger partial charge in [-0.25, -0.2) is 0 Å². The summed E-state index contributed by atoms with van der Waals surface area (Å²) in [6, 6.07) is 0. The Balaban J connectivity index is 3.37. The van der Waals surface area contributed by atoms with Crippen molar-refractivity contribution in [2.24, 2.45) is 0 Å². The van der Waals surface area contributed by atoms with Crippen LogP contribution in [0.5, 0.6) is 0 Å². The Kier molecular flexibility index (Phi) is 9.60. The van der Waals surface area contributed by atoms with Gasteiger partial charge >= 0.3 is 23.9 Å². The van der Waals surface area contributed by atoms with E-state index in [0.29, 0.717) is 0 Å². The van der Waals surface area contributed by atoms with Crippen LogP contribution in [0, 0.1) is 5.41 Å². The van der Waals surface area contributed by atoms with Crippen molar-refractivity contribution >= 4 is 64.6 Å². The average Bonchev–Trinajstić information content (AvgIpc) is 2.56. The van der Waals surface area contributed by atoms with Crippen molar-refractivity contribution in [1.29, 1.82) is 5.41 Å². The summed E-state index contributed by atoms with van der Waals surface area (Å²) < 4.78 is 28.9. The summed E-state index contributed by atoms with van der Waals surface area (Å²) in [6.45, 7) is 3.86. The molecular weight excluding hydrogens is 473 g/mol. The smallest absolute Gasteiger partial charge is 0.303 e. The van der Waals surface area contributed by atoms with Crippen LogP contribution in [0.1, 0.15) is 27.7 Å². The first-order valence-electron chi connectivity index (χ1n) is 8.35. The van der Waals surface area contributed by atoms with Crippen molar-refractivity contribution in [1.82, 2.24) is 0 Å². The largest absolute Gasteiger partial charge is 0.463 e. The molecule has 1 N–H and O–H groups in total. The molecule has 1 aliphatic rings. The van der Waals surface area contributed by atoms with Crippen LogP contribution in [0.3, 0.4) is 0 Å². The highest BCUT2D eigenvalue weighted by Crippen LogP contribution is 2.33. The second-order valence-electron chi connectivity index (χ2n) is 6.01. The highest BCUT2D eigenvalue weighted by Gasteiger charge is 2.54. The second kappa shape index (κ2) is 11.0. The number of nitrogens with one attached hydrogen (secondary N) is 1. The Hall–Kier alpha value is -1.82. The van der Waals surface area contributed by atoms with Crippen LogP contribution in [0.2, 0.25) is 0 Å². The molecule has 1 rings (SSSR count). The van der Waals surface area contributed by atoms with Crippen molar-refractivity contribution in [2.75, 3.05) is 6.61 Å². The van der Waals surface area contributed by atoms with E-state index in [-0.39, 0.29) is 0 Å². The summed E-state index contributed by atoms with van der Waals surface area (Å²) in [5.41, 5.74) is 0. The molecule has 2 unspecified atom stereocenters. The number of esters is 4. The molecule has 0 bridgehead atoms. The highest BCUT2D eigenvalue weighted by molar-refractivity contribution is 6.76. The summed E-state index contributed by atoms with van der Waals surface area (Å²) in [5, 5.41) is 7.74. The van der Waals surface area contributed by atoms with Gasteiger partial charge in [-0.15, -0.1) is 0 Å². The first-order chi connectivity index (χ1) is 13.7. The molecule has 0 radical (unpaired) electrons. The van der Waals surface area contributed by atoms with Gasteiger partial charge in [0.1, 0.15) is 12.7 Å². The van der Waals surface area contributed by atoms with Crippen LogP contribution in [-0.2, 0) is 47.6 Å². The molecule has 0 aromatic heterocycles. The first kappa shape index (κ1) is 26.2. The lowest BCUT2D eigenvalue weighted by Gasteiger charge is -2.44. The average molecular weight is 493 g/mol. The third-order valence-corrected chi connectivity index (χ3v) is 3.95. The molecule has 1 aliphatic heterocycles. The Bertz CT molecular complexity index is 695. The van der Waals surface area contributed by atoms with E-state index in [1.807, 2.05) is 0 Å². The fourth-order valence-electron chi connectivity index (χ4n) is 2.47. The number of ether oxygens (including phenoxy) is 6. The molecule has 14 heteroatoms. The molecule has 170 valence electrons. The fraction of sp³-hybridized carbons (Fsp3) is 0.688. The molecule has 0 aromatic carbocycles. The Morgan fingerprint density at radius 1 is 0.800 bits per heavy atom. The van der Waals surface area contributed by atoms with Gasteiger partial charge in [0.2, 0.25) is 18.3 Å². The van der Waals surface area contributed by atoms with E-state index < -0.39 is 70.9 Å². The van der Waals surface area contributed by atoms with E-state index in [1.54, 1.807) is 0 Å². The van der Waals surface area contributed by atoms with Crippen molar-refractivity contribution in [3.8, 4) is 0 Å². The van der Waals surface area contributed by atoms with Gasteiger partial charge in [-0.05, 0) is 0 Å². The summed E-state index contributed by atoms with van der Waals surface area (Å²) in [5.74, 6) is -4.03. The molecule has 0 amide bonds. The monoisotopic (exact) mass is 491 g/mol. The number of hydrogen-bond acceptors (Lipinski definition) is 11. The molecule has 0 spiro atoms. The van der Waals surface area contributed by atoms with E-state index in [2.05, 4.69) is 0 Å². The van der Waals surface area contributed by atoms with Crippen molar-refractivity contribution < 1.29 is 47.6 Å². The van der Waals surface area contributed by atoms with Gasteiger partial charge in [-0.3, -0.25) is 24.6 Å². The van der Waals surface area contributed by atoms with Gasteiger partial charge in [-0.1, -0.05) is 34.8 Å². The lowest BCUT2D eigenvalue weighted by molar-refractivity contribution is -0.292. The van der Waals surface area contributed by atoms with Crippen LogP contribution in [-0.4, -0.2) is 70.9 Å². The number of halogens is 3. The number of carbonyl (C=O) groups excluding carboxylic acids is 4. The van der Waals surface area contributed by atoms with Crippen LogP contribution < -0.4 is 0 Å². The molecule has 30 heavy (non-hydrogen) atoms. The minimum atomic E-state index is -2.29. The van der Waals surface area contributed by atoms with Crippen LogP contribution >= 0.6 is 34.8 Å². The molecular formula is C16H20Cl3NO10. The van der Waals surface area contributed by atoms with E-state index in [1.165, 1.54) is 0 Å². The lowest BCUT2D eigenvalue weighted by atomic mass is 9.98. The zero-order valence-corrected chi connectivity index (χ0v) is 18.6. The minimum absolute atomic E-state index is 0.460. The van der Waals surface area contributed by atoms with Gasteiger partial charge < -0.3 is 28.4 Å². The summed E-state index contributed by atoms with van der Waals surface area (Å²) in [7, 11) is 0. The fourth-order valence-corrected chi connectivity index (χ4v) is 2.60. The molecule has 1 heterocycles. The normalized spacial score (nSPS) is 26.2. The third-order valence-electron chi connectivity index (χ3n) is 3.44. The summed E-state index contributed by atoms with van der Waals surface area (Å²) in [6.07, 6.45) is -7.25. The van der Waals surface area contributed by atoms with Crippen molar-refractivity contribution in [3.05, 3.63) is 0 Å². The zero-order chi connectivity index (χ0) is 23.2. The Morgan fingerprint density at radius 3 is 1.70 bits per heavy atom. The SMILES string of the molecule is CC(=O)OCC1O[C@H](OC(=N)C(Cl)(Cl)Cl)C(OC(C)=O)[C@@H](OC(C)=O)[C@H]1OC(C)=O. The number of hydrogen-bond donors (Lipinski definition) is 1. The lowest BCUT2D eigenvalue weighted by Crippen LogP contribution is -2.63. The number of carbonyl (C=O) groups is 4. The molecule has 5 atom stereocenters. The molecule has 0 aromatic rings. The first-order valence-corrected chi connectivity index (χ1v) is 9.48. The van der Waals surface area contributed by atoms with Crippen LogP contribution in [0.25, 0.3) is 0 Å². The van der Waals surface area contributed by atoms with E-state index >= 15 is 0 Å². The molecule has 11 nitrogen and oxygen atoms in total. The summed E-state index contributed by atoms with van der Waals surface area (Å²) >= 11 is 16.8. The Morgan fingerprint density at radius 2 is 1.27 bits per heavy atom. The standard InChI is InChI=1S/C16H20Cl3NO10/c1-6(21)25-5-10-11(26-7(2)22)12(27-8(3)23)13(28-9(4)24)14(29-10)30-15(20)16(17,18)19/h10-14,20H,5H2,1-4H3/t10?,11-,12-,13?,14+/m0/s1. The van der Waals surface area contributed by atoms with Crippen molar-refractivity contribution in [3.63, 3.8) is 0 Å². The van der Waals surface area contributed by atoms with Crippen molar-refractivity contribution in [2.45, 2.75) is 62.2 Å². The van der Waals surface area contributed by atoms with Gasteiger partial charge in [0.25, 0.3) is 3.79 Å². The van der Waals surface area contributed by atoms with Crippen LogP contribution in [0.4, 0.5) is 0 Å². The molecule has 1 fully saturated rings. The summed E-state index contributed by atoms with van der Waals surface area (Å²) in [4.78, 5) is 46.1. The quantitative estimate of drug-likeness (QED) is 0.190. The van der Waals surface area contributed by atoms with Gasteiger partial charge in [0.05, 0.1) is 0 Å². The maximum absolute atomic E-state index is 11.7. The third kappa shape index (κ3) is 8.13. The predicted molar refractivity (Wildman–Crippen MR) is 101 cm³/mol. The molecule has 0 saturated carbocycles. The second-order valence-corrected chi connectivity index (χ2v) is 8.29. The molecule has 0 aliphatic carbocycles.